The fourth-order valence-corrected chi connectivity index (χ4v) is 4.29. The second-order valence-electron chi connectivity index (χ2n) is 9.85. The number of nitrogens with zero attached hydrogens (tertiary/aromatic N) is 4. The normalized spacial score (nSPS) is 17.9. The number of carbonyl (C=O) groups is 1. The Labute approximate surface area is 188 Å². The van der Waals surface area contributed by atoms with E-state index >= 15 is 0 Å². The van der Waals surface area contributed by atoms with Crippen LogP contribution in [0.25, 0.3) is 0 Å². The van der Waals surface area contributed by atoms with Crippen LogP contribution in [0.3, 0.4) is 0 Å². The smallest absolute Gasteiger partial charge is 0.224 e. The first-order valence-corrected chi connectivity index (χ1v) is 11.0. The summed E-state index contributed by atoms with van der Waals surface area (Å²) in [5.74, 6) is -0.329. The van der Waals surface area contributed by atoms with Gasteiger partial charge in [0.05, 0.1) is 0 Å². The molecule has 0 N–H and O–H groups in total. The lowest BCUT2D eigenvalue weighted by molar-refractivity contribution is -0.134. The number of hydrogen-bond donors (Lipinski definition) is 0. The number of ether oxygens (including phenoxy) is 1. The highest BCUT2D eigenvalue weighted by Gasteiger charge is 2.29. The zero-order valence-electron chi connectivity index (χ0n) is 19.4. The summed E-state index contributed by atoms with van der Waals surface area (Å²) in [5.41, 5.74) is 0.205. The van der Waals surface area contributed by atoms with E-state index in [1.807, 2.05) is 11.8 Å². The summed E-state index contributed by atoms with van der Waals surface area (Å²) < 4.78 is 32.1. The molecule has 2 heterocycles. The molecule has 3 rings (SSSR count). The van der Waals surface area contributed by atoms with Gasteiger partial charge in [0.1, 0.15) is 17.9 Å². The number of amides is 1. The summed E-state index contributed by atoms with van der Waals surface area (Å²) in [6.07, 6.45) is 2.94. The summed E-state index contributed by atoms with van der Waals surface area (Å²) in [5, 5.41) is 0. The van der Waals surface area contributed by atoms with Crippen molar-refractivity contribution in [3.05, 3.63) is 42.2 Å². The molecule has 0 radical (unpaired) electrons. The van der Waals surface area contributed by atoms with Gasteiger partial charge < -0.3 is 14.5 Å². The molecule has 174 valence electrons. The molecule has 0 saturated carbocycles. The van der Waals surface area contributed by atoms with Crippen LogP contribution in [0.5, 0.6) is 11.6 Å². The van der Waals surface area contributed by atoms with Crippen LogP contribution < -0.4 is 9.64 Å². The Morgan fingerprint density at radius 3 is 2.59 bits per heavy atom. The van der Waals surface area contributed by atoms with Gasteiger partial charge in [-0.25, -0.2) is 18.7 Å². The molecule has 0 spiro atoms. The van der Waals surface area contributed by atoms with Gasteiger partial charge in [0.25, 0.3) is 0 Å². The molecule has 1 fully saturated rings. The molecule has 2 atom stereocenters. The number of hydrogen-bond acceptors (Lipinski definition) is 5. The third-order valence-corrected chi connectivity index (χ3v) is 5.50. The Bertz CT molecular complexity index is 948. The molecule has 1 aliphatic rings. The molecule has 1 aromatic carbocycles. The minimum Gasteiger partial charge on any atom is -0.439 e. The Kier molecular flexibility index (Phi) is 7.31. The summed E-state index contributed by atoms with van der Waals surface area (Å²) in [7, 11) is 0. The van der Waals surface area contributed by atoms with Crippen molar-refractivity contribution in [2.24, 2.45) is 11.3 Å². The maximum atomic E-state index is 13.4. The Hall–Kier alpha value is -2.77. The number of benzene rings is 1. The number of carbonyl (C=O) groups excluding carboxylic acids is 1. The van der Waals surface area contributed by atoms with Crippen molar-refractivity contribution >= 4 is 11.7 Å². The van der Waals surface area contributed by atoms with Crippen molar-refractivity contribution in [2.45, 2.75) is 53.5 Å². The average Bonchev–Trinajstić information content (AvgIpc) is 2.69. The van der Waals surface area contributed by atoms with E-state index in [9.17, 15) is 13.6 Å². The highest BCUT2D eigenvalue weighted by molar-refractivity contribution is 5.77. The molecule has 2 aromatic rings. The molecule has 1 aliphatic heterocycles. The highest BCUT2D eigenvalue weighted by Crippen LogP contribution is 2.28. The van der Waals surface area contributed by atoms with Crippen LogP contribution in [-0.2, 0) is 4.79 Å². The molecular weight excluding hydrogens is 414 g/mol. The average molecular weight is 447 g/mol. The minimum absolute atomic E-state index is 0.0450. The van der Waals surface area contributed by atoms with Crippen LogP contribution in [0.2, 0.25) is 0 Å². The summed E-state index contributed by atoms with van der Waals surface area (Å²) >= 11 is 0. The highest BCUT2D eigenvalue weighted by atomic mass is 19.2. The molecule has 32 heavy (non-hydrogen) atoms. The first-order valence-electron chi connectivity index (χ1n) is 11.0. The van der Waals surface area contributed by atoms with E-state index in [4.69, 9.17) is 4.74 Å². The van der Waals surface area contributed by atoms with E-state index in [1.165, 1.54) is 12.4 Å². The van der Waals surface area contributed by atoms with Gasteiger partial charge in [0.15, 0.2) is 11.6 Å². The first kappa shape index (κ1) is 23.9. The molecule has 8 heteroatoms. The van der Waals surface area contributed by atoms with E-state index < -0.39 is 11.6 Å². The fraction of sp³-hybridized carbons (Fsp3) is 0.542. The van der Waals surface area contributed by atoms with Crippen LogP contribution >= 0.6 is 0 Å². The van der Waals surface area contributed by atoms with Crippen LogP contribution in [-0.4, -0.2) is 46.5 Å². The molecule has 6 nitrogen and oxygen atoms in total. The molecule has 0 aliphatic carbocycles. The Morgan fingerprint density at radius 1 is 1.19 bits per heavy atom. The number of anilines is 1. The van der Waals surface area contributed by atoms with Crippen molar-refractivity contribution in [1.29, 1.82) is 0 Å². The second-order valence-corrected chi connectivity index (χ2v) is 9.85. The lowest BCUT2D eigenvalue weighted by Crippen LogP contribution is -2.54. The Balaban J connectivity index is 1.60. The lowest BCUT2D eigenvalue weighted by atomic mass is 9.84. The minimum atomic E-state index is -0.983. The largest absolute Gasteiger partial charge is 0.439 e. The standard InChI is InChI=1S/C24H32F2N4O2/c1-16(13-24(3,4)5)10-23(31)30-9-8-29(14-17(30)2)21-12-22(28-15-27-21)32-18-6-7-19(25)20(26)11-18/h6-7,11-12,15-17H,8-10,13-14H2,1-5H3/t16-,17-/m1/s1. The van der Waals surface area contributed by atoms with Crippen molar-refractivity contribution in [3.63, 3.8) is 0 Å². The van der Waals surface area contributed by atoms with Crippen molar-refractivity contribution in [3.8, 4) is 11.6 Å². The summed E-state index contributed by atoms with van der Waals surface area (Å²) in [6.45, 7) is 12.7. The maximum Gasteiger partial charge on any atom is 0.224 e. The number of aromatic nitrogens is 2. The van der Waals surface area contributed by atoms with Crippen LogP contribution in [0.1, 0.15) is 47.5 Å². The first-order chi connectivity index (χ1) is 15.0. The van der Waals surface area contributed by atoms with Crippen molar-refractivity contribution in [1.82, 2.24) is 14.9 Å². The predicted molar refractivity (Wildman–Crippen MR) is 120 cm³/mol. The van der Waals surface area contributed by atoms with Crippen LogP contribution in [0.15, 0.2) is 30.6 Å². The van der Waals surface area contributed by atoms with E-state index in [-0.39, 0.29) is 29.0 Å². The van der Waals surface area contributed by atoms with Crippen molar-refractivity contribution in [2.75, 3.05) is 24.5 Å². The van der Waals surface area contributed by atoms with Gasteiger partial charge >= 0.3 is 0 Å². The van der Waals surface area contributed by atoms with E-state index in [1.54, 1.807) is 6.07 Å². The van der Waals surface area contributed by atoms with Gasteiger partial charge in [-0.2, -0.15) is 0 Å². The van der Waals surface area contributed by atoms with Gasteiger partial charge in [0, 0.05) is 44.2 Å². The quantitative estimate of drug-likeness (QED) is 0.622. The van der Waals surface area contributed by atoms with E-state index in [0.717, 1.165) is 18.6 Å². The predicted octanol–water partition coefficient (Wildman–Crippen LogP) is 5.05. The van der Waals surface area contributed by atoms with Gasteiger partial charge in [-0.05, 0) is 36.8 Å². The molecule has 1 aromatic heterocycles. The second kappa shape index (κ2) is 9.79. The molecular formula is C24H32F2N4O2. The topological polar surface area (TPSA) is 58.6 Å². The van der Waals surface area contributed by atoms with E-state index in [2.05, 4.69) is 42.6 Å². The molecule has 0 unspecified atom stereocenters. The van der Waals surface area contributed by atoms with Gasteiger partial charge in [-0.3, -0.25) is 4.79 Å². The number of halogens is 2. The van der Waals surface area contributed by atoms with E-state index in [0.29, 0.717) is 37.8 Å². The maximum absolute atomic E-state index is 13.4. The molecule has 0 bridgehead atoms. The number of rotatable bonds is 6. The Morgan fingerprint density at radius 2 is 1.94 bits per heavy atom. The monoisotopic (exact) mass is 446 g/mol. The molecule has 1 saturated heterocycles. The van der Waals surface area contributed by atoms with Crippen molar-refractivity contribution < 1.29 is 18.3 Å². The van der Waals surface area contributed by atoms with Crippen LogP contribution in [0.4, 0.5) is 14.6 Å². The fourth-order valence-electron chi connectivity index (χ4n) is 4.29. The zero-order chi connectivity index (χ0) is 23.5. The molecule has 1 amide bonds. The summed E-state index contributed by atoms with van der Waals surface area (Å²) in [6, 6.07) is 5.03. The third kappa shape index (κ3) is 6.37. The number of piperazine rings is 1. The van der Waals surface area contributed by atoms with Gasteiger partial charge in [-0.15, -0.1) is 0 Å². The van der Waals surface area contributed by atoms with Gasteiger partial charge in [0.2, 0.25) is 11.8 Å². The SMILES string of the molecule is C[C@H](CC(=O)N1CCN(c2cc(Oc3ccc(F)c(F)c3)ncn2)C[C@H]1C)CC(C)(C)C. The third-order valence-electron chi connectivity index (χ3n) is 5.50. The lowest BCUT2D eigenvalue weighted by Gasteiger charge is -2.41. The summed E-state index contributed by atoms with van der Waals surface area (Å²) in [4.78, 5) is 25.3. The van der Waals surface area contributed by atoms with Crippen LogP contribution in [0, 0.1) is 23.0 Å². The zero-order valence-corrected chi connectivity index (χ0v) is 19.4. The van der Waals surface area contributed by atoms with Gasteiger partial charge in [-0.1, -0.05) is 27.7 Å².